The summed E-state index contributed by atoms with van der Waals surface area (Å²) in [5, 5.41) is 18.6. The highest BCUT2D eigenvalue weighted by atomic mass is 16.5. The molecule has 0 saturated heterocycles. The zero-order valence-electron chi connectivity index (χ0n) is 15.8. The molecule has 2 rings (SSSR count). The monoisotopic (exact) mass is 332 g/mol. The first kappa shape index (κ1) is 18.6. The summed E-state index contributed by atoms with van der Waals surface area (Å²) >= 11 is 0. The van der Waals surface area contributed by atoms with Gasteiger partial charge in [0.05, 0.1) is 5.56 Å². The van der Waals surface area contributed by atoms with Gasteiger partial charge in [0, 0.05) is 0 Å². The van der Waals surface area contributed by atoms with E-state index < -0.39 is 0 Å². The molecule has 0 unspecified atom stereocenters. The first-order valence-electron chi connectivity index (χ1n) is 8.33. The minimum atomic E-state index is -0.0219. The third-order valence-electron chi connectivity index (χ3n) is 4.12. The van der Waals surface area contributed by atoms with Crippen LogP contribution >= 0.6 is 0 Å². The van der Waals surface area contributed by atoms with Crippen LogP contribution in [0.2, 0.25) is 0 Å². The van der Waals surface area contributed by atoms with Gasteiger partial charge >= 0.3 is 0 Å². The Bertz CT molecular complexity index is 837. The maximum atomic E-state index is 9.39. The van der Waals surface area contributed by atoms with Crippen LogP contribution in [0.15, 0.2) is 36.4 Å². The van der Waals surface area contributed by atoms with E-state index in [2.05, 4.69) is 53.7 Å². The molecule has 128 valence electrons. The summed E-state index contributed by atoms with van der Waals surface area (Å²) in [6.07, 6.45) is 0. The molecule has 0 spiro atoms. The van der Waals surface area contributed by atoms with E-state index in [4.69, 9.17) is 4.74 Å². The normalized spacial score (nSPS) is 11.5. The van der Waals surface area contributed by atoms with Gasteiger partial charge in [-0.05, 0) is 46.2 Å². The van der Waals surface area contributed by atoms with Crippen LogP contribution in [-0.2, 0) is 10.8 Å². The van der Waals surface area contributed by atoms with Crippen LogP contribution in [0.4, 0.5) is 0 Å². The van der Waals surface area contributed by atoms with Crippen molar-refractivity contribution in [3.8, 4) is 23.6 Å². The van der Waals surface area contributed by atoms with Crippen LogP contribution in [0, 0.1) is 22.7 Å². The highest BCUT2D eigenvalue weighted by Gasteiger charge is 2.21. The van der Waals surface area contributed by atoms with Crippen LogP contribution in [0.5, 0.6) is 11.5 Å². The Morgan fingerprint density at radius 3 is 1.80 bits per heavy atom. The fourth-order valence-electron chi connectivity index (χ4n) is 2.48. The molecule has 0 aliphatic heterocycles. The van der Waals surface area contributed by atoms with E-state index >= 15 is 0 Å². The summed E-state index contributed by atoms with van der Waals surface area (Å²) in [7, 11) is 0. The molecule has 0 radical (unpaired) electrons. The van der Waals surface area contributed by atoms with E-state index in [-0.39, 0.29) is 16.4 Å². The Kier molecular flexibility index (Phi) is 4.91. The molecule has 0 aliphatic rings. The second kappa shape index (κ2) is 6.61. The number of hydrogen-bond donors (Lipinski definition) is 0. The Morgan fingerprint density at radius 1 is 0.800 bits per heavy atom. The Labute approximate surface area is 150 Å². The number of rotatable bonds is 2. The molecule has 25 heavy (non-hydrogen) atoms. The summed E-state index contributed by atoms with van der Waals surface area (Å²) < 4.78 is 6.04. The van der Waals surface area contributed by atoms with Gasteiger partial charge < -0.3 is 4.74 Å². The second-order valence-corrected chi connectivity index (χ2v) is 8.25. The predicted octanol–water partition coefficient (Wildman–Crippen LogP) is 5.82. The third-order valence-corrected chi connectivity index (χ3v) is 4.12. The van der Waals surface area contributed by atoms with Crippen LogP contribution in [0.25, 0.3) is 0 Å². The van der Waals surface area contributed by atoms with Gasteiger partial charge in [-0.25, -0.2) is 0 Å². The van der Waals surface area contributed by atoms with Crippen LogP contribution in [-0.4, -0.2) is 0 Å². The van der Waals surface area contributed by atoms with Crippen molar-refractivity contribution >= 4 is 0 Å². The fourth-order valence-corrected chi connectivity index (χ4v) is 2.48. The van der Waals surface area contributed by atoms with Crippen molar-refractivity contribution in [1.82, 2.24) is 0 Å². The van der Waals surface area contributed by atoms with Crippen molar-refractivity contribution in [3.05, 3.63) is 58.7 Å². The number of hydrogen-bond acceptors (Lipinski definition) is 3. The van der Waals surface area contributed by atoms with Crippen LogP contribution in [0.3, 0.4) is 0 Å². The lowest BCUT2D eigenvalue weighted by atomic mass is 9.80. The third kappa shape index (κ3) is 4.20. The van der Waals surface area contributed by atoms with Gasteiger partial charge in [0.15, 0.2) is 0 Å². The molecule has 3 heteroatoms. The summed E-state index contributed by atoms with van der Waals surface area (Å²) in [5.74, 6) is 1.09. The quantitative estimate of drug-likeness (QED) is 0.696. The summed E-state index contributed by atoms with van der Waals surface area (Å²) in [6, 6.07) is 15.4. The molecular formula is C22H24N2O. The van der Waals surface area contributed by atoms with Crippen molar-refractivity contribution < 1.29 is 4.74 Å². The maximum absolute atomic E-state index is 9.39. The fraction of sp³-hybridized carbons (Fsp3) is 0.364. The van der Waals surface area contributed by atoms with Gasteiger partial charge in [0.2, 0.25) is 0 Å². The van der Waals surface area contributed by atoms with Gasteiger partial charge in [-0.1, -0.05) is 53.7 Å². The van der Waals surface area contributed by atoms with E-state index in [1.807, 2.05) is 18.2 Å². The Morgan fingerprint density at radius 2 is 1.36 bits per heavy atom. The minimum Gasteiger partial charge on any atom is -0.456 e. The van der Waals surface area contributed by atoms with Gasteiger partial charge in [-0.3, -0.25) is 0 Å². The lowest BCUT2D eigenvalue weighted by Gasteiger charge is -2.26. The highest BCUT2D eigenvalue weighted by molar-refractivity contribution is 5.55. The molecule has 0 saturated carbocycles. The van der Waals surface area contributed by atoms with E-state index in [9.17, 15) is 10.5 Å². The molecule has 0 fully saturated rings. The smallest absolute Gasteiger partial charge is 0.146 e. The molecule has 3 nitrogen and oxygen atoms in total. The SMILES string of the molecule is CC(C)(C)c1cc(Oc2cccc(C#N)c2C#N)cc(C(C)(C)C)c1. The number of benzene rings is 2. The first-order valence-corrected chi connectivity index (χ1v) is 8.33. The molecule has 0 N–H and O–H groups in total. The molecule has 0 amide bonds. The predicted molar refractivity (Wildman–Crippen MR) is 99.8 cm³/mol. The maximum Gasteiger partial charge on any atom is 0.146 e. The average molecular weight is 332 g/mol. The first-order chi connectivity index (χ1) is 11.6. The molecular weight excluding hydrogens is 308 g/mol. The van der Waals surface area contributed by atoms with Crippen LogP contribution < -0.4 is 4.74 Å². The zero-order chi connectivity index (χ0) is 18.8. The second-order valence-electron chi connectivity index (χ2n) is 8.25. The molecule has 0 heterocycles. The van der Waals surface area contributed by atoms with Gasteiger partial charge in [-0.15, -0.1) is 0 Å². The van der Waals surface area contributed by atoms with Crippen LogP contribution in [0.1, 0.15) is 63.8 Å². The molecule has 0 aliphatic carbocycles. The lowest BCUT2D eigenvalue weighted by molar-refractivity contribution is 0.472. The minimum absolute atomic E-state index is 0.0219. The topological polar surface area (TPSA) is 56.8 Å². The molecule has 0 bridgehead atoms. The molecule has 0 aromatic heterocycles. The van der Waals surface area contributed by atoms with Gasteiger partial charge in [0.25, 0.3) is 0 Å². The number of ether oxygens (including phenoxy) is 1. The molecule has 0 atom stereocenters. The van der Waals surface area contributed by atoms with E-state index in [1.54, 1.807) is 18.2 Å². The van der Waals surface area contributed by atoms with Crippen molar-refractivity contribution in [2.24, 2.45) is 0 Å². The Hall–Kier alpha value is -2.78. The van der Waals surface area contributed by atoms with E-state index in [1.165, 1.54) is 11.1 Å². The molecule has 2 aromatic carbocycles. The van der Waals surface area contributed by atoms with Crippen molar-refractivity contribution in [3.63, 3.8) is 0 Å². The van der Waals surface area contributed by atoms with E-state index in [0.717, 1.165) is 0 Å². The van der Waals surface area contributed by atoms with Gasteiger partial charge in [0.1, 0.15) is 29.2 Å². The van der Waals surface area contributed by atoms with Crippen molar-refractivity contribution in [1.29, 1.82) is 10.5 Å². The van der Waals surface area contributed by atoms with Crippen molar-refractivity contribution in [2.45, 2.75) is 52.4 Å². The van der Waals surface area contributed by atoms with Gasteiger partial charge in [-0.2, -0.15) is 10.5 Å². The largest absolute Gasteiger partial charge is 0.456 e. The zero-order valence-corrected chi connectivity index (χ0v) is 15.8. The van der Waals surface area contributed by atoms with E-state index in [0.29, 0.717) is 17.1 Å². The summed E-state index contributed by atoms with van der Waals surface area (Å²) in [6.45, 7) is 13.0. The highest BCUT2D eigenvalue weighted by Crippen LogP contribution is 2.35. The standard InChI is InChI=1S/C22H24N2O/c1-21(2,3)16-10-17(22(4,5)6)12-18(11-16)25-20-9-7-8-15(13-23)19(20)14-24/h7-12H,1-6H3. The molecule has 2 aromatic rings. The Balaban J connectivity index is 2.58. The average Bonchev–Trinajstić information content (AvgIpc) is 2.52. The number of nitrogens with zero attached hydrogens (tertiary/aromatic N) is 2. The lowest BCUT2D eigenvalue weighted by Crippen LogP contribution is -2.16. The summed E-state index contributed by atoms with van der Waals surface area (Å²) in [4.78, 5) is 0. The summed E-state index contributed by atoms with van der Waals surface area (Å²) in [5.41, 5.74) is 2.89. The van der Waals surface area contributed by atoms with Crippen molar-refractivity contribution in [2.75, 3.05) is 0 Å². The number of nitriles is 2.